The van der Waals surface area contributed by atoms with E-state index in [9.17, 15) is 4.79 Å². The Morgan fingerprint density at radius 1 is 0.778 bits per heavy atom. The predicted octanol–water partition coefficient (Wildman–Crippen LogP) is 1.46. The molecule has 0 radical (unpaired) electrons. The average Bonchev–Trinajstić information content (AvgIpc) is 2.73. The van der Waals surface area contributed by atoms with Crippen LogP contribution in [0.4, 0.5) is 0 Å². The quantitative estimate of drug-likeness (QED) is 0.180. The van der Waals surface area contributed by atoms with Gasteiger partial charge < -0.3 is 36.6 Å². The van der Waals surface area contributed by atoms with E-state index < -0.39 is 23.6 Å². The highest BCUT2D eigenvalue weighted by Crippen LogP contribution is 2.15. The molecule has 0 bridgehead atoms. The second-order valence-corrected chi connectivity index (χ2v) is 11.5. The molecule has 0 fully saturated rings. The number of carbonyl (C=O) groups excluding carboxylic acids is 1. The molecular weight excluding hydrogens is 390 g/mol. The number of methoxy groups -OCH3 is 1. The largest absolute Gasteiger partial charge is 0.500 e. The molecule has 162 valence electrons. The fourth-order valence-electron chi connectivity index (χ4n) is 2.18. The highest BCUT2D eigenvalue weighted by Gasteiger charge is 2.37. The van der Waals surface area contributed by atoms with E-state index in [-0.39, 0.29) is 0 Å². The molecular formula is C16H37NO8Si2. The number of hydrogen-bond acceptors (Lipinski definition) is 9. The molecule has 0 unspecified atom stereocenters. The average molecular weight is 428 g/mol. The lowest BCUT2D eigenvalue weighted by molar-refractivity contribution is -0.134. The van der Waals surface area contributed by atoms with Crippen molar-refractivity contribution in [2.24, 2.45) is 0 Å². The number of esters is 1. The number of rotatable bonds is 15. The maximum Gasteiger partial charge on any atom is 0.500 e. The molecule has 0 rings (SSSR count). The molecule has 9 nitrogen and oxygen atoms in total. The number of ether oxygens (including phenoxy) is 1. The lowest BCUT2D eigenvalue weighted by Gasteiger charge is -2.25. The summed E-state index contributed by atoms with van der Waals surface area (Å²) in [7, 11) is 6.27. The maximum atomic E-state index is 9.84. The first-order chi connectivity index (χ1) is 12.9. The van der Waals surface area contributed by atoms with Gasteiger partial charge in [-0.3, -0.25) is 0 Å². The summed E-state index contributed by atoms with van der Waals surface area (Å²) in [4.78, 5) is 9.84. The first kappa shape index (κ1) is 28.6. The summed E-state index contributed by atoms with van der Waals surface area (Å²) in [5, 5.41) is 3.39. The third kappa shape index (κ3) is 12.4. The SMILES string of the molecule is C=CC(=O)OC.CO[Si](CCCNCCC[Si](OC)(OC)OC)(OC)OC. The van der Waals surface area contributed by atoms with Crippen molar-refractivity contribution in [1.29, 1.82) is 0 Å². The molecule has 0 aliphatic carbocycles. The van der Waals surface area contributed by atoms with Crippen molar-refractivity contribution in [3.05, 3.63) is 12.7 Å². The van der Waals surface area contributed by atoms with Gasteiger partial charge in [0, 0.05) is 60.8 Å². The standard InChI is InChI=1S/C12H31NO6Si2.C4H6O2/c1-14-20(15-2,16-3)11-7-9-13-10-8-12-21(17-4,18-5)19-6;1-3-4(5)6-2/h13H,7-12H2,1-6H3;3H,1H2,2H3. The van der Waals surface area contributed by atoms with Gasteiger partial charge >= 0.3 is 23.6 Å². The Morgan fingerprint density at radius 2 is 1.11 bits per heavy atom. The molecule has 1 N–H and O–H groups in total. The minimum absolute atomic E-state index is 0.394. The molecule has 0 saturated heterocycles. The van der Waals surface area contributed by atoms with Gasteiger partial charge in [0.2, 0.25) is 0 Å². The zero-order valence-corrected chi connectivity index (χ0v) is 19.8. The molecule has 0 aromatic heterocycles. The van der Waals surface area contributed by atoms with Crippen LogP contribution in [0.5, 0.6) is 0 Å². The molecule has 11 heteroatoms. The number of hydrogen-bond donors (Lipinski definition) is 1. The molecule has 0 spiro atoms. The van der Waals surface area contributed by atoms with Crippen molar-refractivity contribution < 1.29 is 36.1 Å². The van der Waals surface area contributed by atoms with E-state index in [4.69, 9.17) is 26.6 Å². The van der Waals surface area contributed by atoms with Crippen LogP contribution in [0.3, 0.4) is 0 Å². The van der Waals surface area contributed by atoms with Crippen LogP contribution in [-0.4, -0.2) is 86.4 Å². The van der Waals surface area contributed by atoms with Crippen molar-refractivity contribution >= 4 is 23.6 Å². The van der Waals surface area contributed by atoms with Crippen molar-refractivity contribution in [2.45, 2.75) is 24.9 Å². The van der Waals surface area contributed by atoms with Crippen LogP contribution in [0.1, 0.15) is 12.8 Å². The van der Waals surface area contributed by atoms with Crippen LogP contribution in [0.2, 0.25) is 12.1 Å². The van der Waals surface area contributed by atoms with Crippen LogP contribution in [0.15, 0.2) is 12.7 Å². The second kappa shape index (κ2) is 17.5. The van der Waals surface area contributed by atoms with E-state index in [1.807, 2.05) is 0 Å². The first-order valence-corrected chi connectivity index (χ1v) is 12.5. The van der Waals surface area contributed by atoms with Gasteiger partial charge in [-0.15, -0.1) is 0 Å². The molecule has 0 amide bonds. The van der Waals surface area contributed by atoms with Gasteiger partial charge in [-0.1, -0.05) is 6.58 Å². The van der Waals surface area contributed by atoms with Crippen LogP contribution in [-0.2, 0) is 36.1 Å². The fourth-order valence-corrected chi connectivity index (χ4v) is 5.62. The Labute approximate surface area is 166 Å². The van der Waals surface area contributed by atoms with Crippen LogP contribution in [0.25, 0.3) is 0 Å². The summed E-state index contributed by atoms with van der Waals surface area (Å²) in [6.45, 7) is 4.95. The molecule has 0 aliphatic rings. The van der Waals surface area contributed by atoms with Gasteiger partial charge in [-0.2, -0.15) is 0 Å². The van der Waals surface area contributed by atoms with Gasteiger partial charge in [-0.25, -0.2) is 4.79 Å². The van der Waals surface area contributed by atoms with E-state index >= 15 is 0 Å². The summed E-state index contributed by atoms with van der Waals surface area (Å²) >= 11 is 0. The predicted molar refractivity (Wildman–Crippen MR) is 107 cm³/mol. The Balaban J connectivity index is 0. The molecule has 27 heavy (non-hydrogen) atoms. The van der Waals surface area contributed by atoms with E-state index in [0.717, 1.165) is 44.1 Å². The Bertz CT molecular complexity index is 339. The zero-order chi connectivity index (χ0) is 21.2. The van der Waals surface area contributed by atoms with Crippen LogP contribution >= 0.6 is 0 Å². The van der Waals surface area contributed by atoms with Crippen molar-refractivity contribution in [3.63, 3.8) is 0 Å². The van der Waals surface area contributed by atoms with Gasteiger partial charge in [0.15, 0.2) is 0 Å². The van der Waals surface area contributed by atoms with Gasteiger partial charge in [0.1, 0.15) is 0 Å². The Hall–Kier alpha value is -0.636. The molecule has 0 heterocycles. The summed E-state index contributed by atoms with van der Waals surface area (Å²) in [6.07, 6.45) is 3.01. The highest BCUT2D eigenvalue weighted by molar-refractivity contribution is 6.60. The van der Waals surface area contributed by atoms with Gasteiger partial charge in [-0.05, 0) is 25.9 Å². The second-order valence-electron chi connectivity index (χ2n) is 5.28. The normalized spacial score (nSPS) is 11.5. The van der Waals surface area contributed by atoms with E-state index in [1.165, 1.54) is 7.11 Å². The molecule has 0 aromatic rings. The number of carbonyl (C=O) groups is 1. The summed E-state index contributed by atoms with van der Waals surface area (Å²) < 4.78 is 36.4. The molecule has 0 atom stereocenters. The molecule has 0 aliphatic heterocycles. The molecule has 0 aromatic carbocycles. The summed E-state index contributed by atoms with van der Waals surface area (Å²) in [5.41, 5.74) is 0. The summed E-state index contributed by atoms with van der Waals surface area (Å²) in [5.74, 6) is -0.394. The van der Waals surface area contributed by atoms with Crippen molar-refractivity contribution in [3.8, 4) is 0 Å². The number of nitrogens with one attached hydrogen (secondary N) is 1. The van der Waals surface area contributed by atoms with E-state index in [1.54, 1.807) is 42.7 Å². The van der Waals surface area contributed by atoms with E-state index in [0.29, 0.717) is 0 Å². The molecule has 0 saturated carbocycles. The van der Waals surface area contributed by atoms with E-state index in [2.05, 4.69) is 16.6 Å². The lowest BCUT2D eigenvalue weighted by atomic mass is 10.4. The Kier molecular flexibility index (Phi) is 18.5. The minimum atomic E-state index is -2.43. The fraction of sp³-hybridized carbons (Fsp3) is 0.812. The lowest BCUT2D eigenvalue weighted by Crippen LogP contribution is -2.43. The van der Waals surface area contributed by atoms with Crippen molar-refractivity contribution in [1.82, 2.24) is 5.32 Å². The van der Waals surface area contributed by atoms with Crippen LogP contribution in [0, 0.1) is 0 Å². The third-order valence-corrected chi connectivity index (χ3v) is 9.57. The summed E-state index contributed by atoms with van der Waals surface area (Å²) in [6, 6.07) is 1.60. The monoisotopic (exact) mass is 427 g/mol. The topological polar surface area (TPSA) is 93.7 Å². The zero-order valence-electron chi connectivity index (χ0n) is 17.8. The van der Waals surface area contributed by atoms with Crippen LogP contribution < -0.4 is 5.32 Å². The van der Waals surface area contributed by atoms with Crippen molar-refractivity contribution in [2.75, 3.05) is 62.9 Å². The minimum Gasteiger partial charge on any atom is -0.466 e. The van der Waals surface area contributed by atoms with Gasteiger partial charge in [0.05, 0.1) is 7.11 Å². The first-order valence-electron chi connectivity index (χ1n) is 8.60. The smallest absolute Gasteiger partial charge is 0.466 e. The van der Waals surface area contributed by atoms with Gasteiger partial charge in [0.25, 0.3) is 0 Å². The highest BCUT2D eigenvalue weighted by atomic mass is 28.4. The maximum absolute atomic E-state index is 9.84. The third-order valence-electron chi connectivity index (χ3n) is 3.91. The Morgan fingerprint density at radius 3 is 1.30 bits per heavy atom.